The van der Waals surface area contributed by atoms with Gasteiger partial charge in [-0.15, -0.1) is 0 Å². The van der Waals surface area contributed by atoms with E-state index in [2.05, 4.69) is 25.5 Å². The van der Waals surface area contributed by atoms with E-state index in [1.54, 1.807) is 30.5 Å². The third-order valence-corrected chi connectivity index (χ3v) is 3.16. The molecule has 0 aliphatic heterocycles. The van der Waals surface area contributed by atoms with E-state index in [1.165, 1.54) is 18.5 Å². The van der Waals surface area contributed by atoms with Crippen LogP contribution in [0.2, 0.25) is 0 Å². The lowest BCUT2D eigenvalue weighted by Crippen LogP contribution is -2.23. The average molecular weight is 327 g/mol. The first-order valence-electron chi connectivity index (χ1n) is 7.17. The molecule has 3 rings (SSSR count). The Morgan fingerprint density at radius 2 is 2.17 bits per heavy atom. The predicted octanol–water partition coefficient (Wildman–Crippen LogP) is 1.85. The standard InChI is InChI=1S/C16H14FN5O2/c17-13-3-1-2-4-15(13)24-9-12-7-14(22-21-12)16(23)19-8-11-5-6-18-10-20-11/h1-7,10H,8-9H2,(H,19,23)(H,21,22). The van der Waals surface area contributed by atoms with Gasteiger partial charge >= 0.3 is 0 Å². The number of nitrogens with zero attached hydrogens (tertiary/aromatic N) is 3. The van der Waals surface area contributed by atoms with Crippen molar-refractivity contribution in [2.24, 2.45) is 0 Å². The number of para-hydroxylation sites is 1. The number of hydrogen-bond acceptors (Lipinski definition) is 5. The molecule has 0 fully saturated rings. The molecule has 0 unspecified atom stereocenters. The Labute approximate surface area is 136 Å². The van der Waals surface area contributed by atoms with Gasteiger partial charge in [0.2, 0.25) is 0 Å². The largest absolute Gasteiger partial charge is 0.484 e. The molecule has 1 amide bonds. The number of ether oxygens (including phenoxy) is 1. The molecule has 0 spiro atoms. The molecule has 3 aromatic rings. The molecule has 0 radical (unpaired) electrons. The predicted molar refractivity (Wildman–Crippen MR) is 82.5 cm³/mol. The zero-order valence-corrected chi connectivity index (χ0v) is 12.6. The summed E-state index contributed by atoms with van der Waals surface area (Å²) < 4.78 is 18.8. The molecule has 2 heterocycles. The van der Waals surface area contributed by atoms with Crippen molar-refractivity contribution in [3.63, 3.8) is 0 Å². The molecule has 0 saturated carbocycles. The number of H-pyrrole nitrogens is 1. The van der Waals surface area contributed by atoms with Gasteiger partial charge in [-0.05, 0) is 24.3 Å². The second kappa shape index (κ2) is 7.32. The van der Waals surface area contributed by atoms with Crippen molar-refractivity contribution < 1.29 is 13.9 Å². The molecule has 24 heavy (non-hydrogen) atoms. The Kier molecular flexibility index (Phi) is 4.76. The van der Waals surface area contributed by atoms with Crippen molar-refractivity contribution in [1.82, 2.24) is 25.5 Å². The van der Waals surface area contributed by atoms with Crippen molar-refractivity contribution in [2.45, 2.75) is 13.2 Å². The Bertz CT molecular complexity index is 822. The first-order valence-corrected chi connectivity index (χ1v) is 7.17. The lowest BCUT2D eigenvalue weighted by Gasteiger charge is -2.04. The third-order valence-electron chi connectivity index (χ3n) is 3.16. The van der Waals surface area contributed by atoms with E-state index < -0.39 is 5.82 Å². The van der Waals surface area contributed by atoms with Crippen molar-refractivity contribution in [3.05, 3.63) is 71.8 Å². The molecule has 0 bridgehead atoms. The Balaban J connectivity index is 1.55. The van der Waals surface area contributed by atoms with Gasteiger partial charge in [0.15, 0.2) is 11.6 Å². The van der Waals surface area contributed by atoms with Gasteiger partial charge in [0, 0.05) is 6.20 Å². The molecule has 0 aliphatic carbocycles. The van der Waals surface area contributed by atoms with Gasteiger partial charge in [-0.25, -0.2) is 14.4 Å². The number of aromatic nitrogens is 4. The first-order chi connectivity index (χ1) is 11.7. The molecule has 122 valence electrons. The fourth-order valence-electron chi connectivity index (χ4n) is 1.95. The number of benzene rings is 1. The minimum absolute atomic E-state index is 0.0765. The van der Waals surface area contributed by atoms with Crippen molar-refractivity contribution in [2.75, 3.05) is 0 Å². The molecule has 2 N–H and O–H groups in total. The van der Waals surface area contributed by atoms with Crippen molar-refractivity contribution >= 4 is 5.91 Å². The monoisotopic (exact) mass is 327 g/mol. The summed E-state index contributed by atoms with van der Waals surface area (Å²) in [6.45, 7) is 0.350. The fourth-order valence-corrected chi connectivity index (χ4v) is 1.95. The number of rotatable bonds is 6. The summed E-state index contributed by atoms with van der Waals surface area (Å²) >= 11 is 0. The second-order valence-electron chi connectivity index (χ2n) is 4.88. The summed E-state index contributed by atoms with van der Waals surface area (Å²) in [5.74, 6) is -0.649. The van der Waals surface area contributed by atoms with Gasteiger partial charge in [-0.3, -0.25) is 9.89 Å². The smallest absolute Gasteiger partial charge is 0.272 e. The second-order valence-corrected chi connectivity index (χ2v) is 4.88. The number of carbonyl (C=O) groups excluding carboxylic acids is 1. The molecule has 0 aliphatic rings. The van der Waals surface area contributed by atoms with Crippen LogP contribution in [0.25, 0.3) is 0 Å². The van der Waals surface area contributed by atoms with Gasteiger partial charge in [0.1, 0.15) is 18.6 Å². The van der Waals surface area contributed by atoms with Crippen LogP contribution >= 0.6 is 0 Å². The van der Waals surface area contributed by atoms with Crippen LogP contribution in [-0.2, 0) is 13.2 Å². The van der Waals surface area contributed by atoms with Crippen LogP contribution in [-0.4, -0.2) is 26.1 Å². The molecule has 8 heteroatoms. The topological polar surface area (TPSA) is 92.8 Å². The quantitative estimate of drug-likeness (QED) is 0.721. The normalized spacial score (nSPS) is 10.4. The Morgan fingerprint density at radius 1 is 1.29 bits per heavy atom. The highest BCUT2D eigenvalue weighted by atomic mass is 19.1. The molecule has 0 atom stereocenters. The Hall–Kier alpha value is -3.29. The van der Waals surface area contributed by atoms with Gasteiger partial charge < -0.3 is 10.1 Å². The zero-order valence-electron chi connectivity index (χ0n) is 12.6. The zero-order chi connectivity index (χ0) is 16.8. The van der Waals surface area contributed by atoms with E-state index in [4.69, 9.17) is 4.74 Å². The van der Waals surface area contributed by atoms with E-state index in [0.29, 0.717) is 11.4 Å². The van der Waals surface area contributed by atoms with Crippen LogP contribution in [0.15, 0.2) is 48.9 Å². The molecule has 1 aromatic carbocycles. The maximum atomic E-state index is 13.5. The lowest BCUT2D eigenvalue weighted by atomic mass is 10.3. The highest BCUT2D eigenvalue weighted by Crippen LogP contribution is 2.16. The number of halogens is 1. The Morgan fingerprint density at radius 3 is 2.96 bits per heavy atom. The van der Waals surface area contributed by atoms with E-state index in [9.17, 15) is 9.18 Å². The summed E-state index contributed by atoms with van der Waals surface area (Å²) in [4.78, 5) is 19.8. The van der Waals surface area contributed by atoms with Crippen LogP contribution in [0.4, 0.5) is 4.39 Å². The number of aromatic amines is 1. The molecular weight excluding hydrogens is 313 g/mol. The minimum atomic E-state index is -0.445. The van der Waals surface area contributed by atoms with Gasteiger partial charge in [0.25, 0.3) is 5.91 Å². The molecule has 0 saturated heterocycles. The van der Waals surface area contributed by atoms with Crippen LogP contribution in [0, 0.1) is 5.82 Å². The van der Waals surface area contributed by atoms with Crippen LogP contribution in [0.3, 0.4) is 0 Å². The third kappa shape index (κ3) is 3.92. The molecule has 7 nitrogen and oxygen atoms in total. The fraction of sp³-hybridized carbons (Fsp3) is 0.125. The number of carbonyl (C=O) groups is 1. The highest BCUT2D eigenvalue weighted by molar-refractivity contribution is 5.92. The number of amides is 1. The maximum Gasteiger partial charge on any atom is 0.272 e. The van der Waals surface area contributed by atoms with Crippen molar-refractivity contribution in [1.29, 1.82) is 0 Å². The van der Waals surface area contributed by atoms with E-state index >= 15 is 0 Å². The van der Waals surface area contributed by atoms with Crippen LogP contribution in [0.1, 0.15) is 21.9 Å². The molecular formula is C16H14FN5O2. The lowest BCUT2D eigenvalue weighted by molar-refractivity contribution is 0.0945. The summed E-state index contributed by atoms with van der Waals surface area (Å²) in [7, 11) is 0. The number of nitrogens with one attached hydrogen (secondary N) is 2. The summed E-state index contributed by atoms with van der Waals surface area (Å²) in [5, 5.41) is 9.31. The van der Waals surface area contributed by atoms with Gasteiger partial charge in [-0.2, -0.15) is 5.10 Å². The van der Waals surface area contributed by atoms with E-state index in [-0.39, 0.29) is 30.5 Å². The minimum Gasteiger partial charge on any atom is -0.484 e. The summed E-state index contributed by atoms with van der Waals surface area (Å²) in [6.07, 6.45) is 3.01. The summed E-state index contributed by atoms with van der Waals surface area (Å²) in [5.41, 5.74) is 1.47. The SMILES string of the molecule is O=C(NCc1ccncn1)c1cc(COc2ccccc2F)[nH]n1. The summed E-state index contributed by atoms with van der Waals surface area (Å²) in [6, 6.07) is 9.36. The number of hydrogen-bond donors (Lipinski definition) is 2. The van der Waals surface area contributed by atoms with Crippen LogP contribution < -0.4 is 10.1 Å². The van der Waals surface area contributed by atoms with E-state index in [1.807, 2.05) is 0 Å². The highest BCUT2D eigenvalue weighted by Gasteiger charge is 2.11. The first kappa shape index (κ1) is 15.6. The van der Waals surface area contributed by atoms with Crippen molar-refractivity contribution in [3.8, 4) is 5.75 Å². The van der Waals surface area contributed by atoms with Gasteiger partial charge in [-0.1, -0.05) is 12.1 Å². The van der Waals surface area contributed by atoms with Gasteiger partial charge in [0.05, 0.1) is 17.9 Å². The average Bonchev–Trinajstić information content (AvgIpc) is 3.09. The van der Waals surface area contributed by atoms with E-state index in [0.717, 1.165) is 0 Å². The maximum absolute atomic E-state index is 13.5. The molecule has 2 aromatic heterocycles. The van der Waals surface area contributed by atoms with Crippen LogP contribution in [0.5, 0.6) is 5.75 Å².